The van der Waals surface area contributed by atoms with Gasteiger partial charge in [-0.2, -0.15) is 11.8 Å². The Kier molecular flexibility index (Phi) is 5.58. The minimum Gasteiger partial charge on any atom is -0.315 e. The molecule has 0 aliphatic carbocycles. The number of rotatable bonds is 6. The first-order chi connectivity index (χ1) is 9.36. The molecule has 1 aliphatic heterocycles. The number of halogens is 1. The molecular formula is C12H19BrN2O2S3. The highest BCUT2D eigenvalue weighted by molar-refractivity contribution is 9.11. The molecule has 1 unspecified atom stereocenters. The normalized spacial score (nSPS) is 23.4. The van der Waals surface area contributed by atoms with E-state index in [0.29, 0.717) is 21.8 Å². The van der Waals surface area contributed by atoms with Crippen LogP contribution in [0.3, 0.4) is 0 Å². The predicted molar refractivity (Wildman–Crippen MR) is 90.1 cm³/mol. The van der Waals surface area contributed by atoms with Gasteiger partial charge in [-0.1, -0.05) is 0 Å². The van der Waals surface area contributed by atoms with Gasteiger partial charge in [0.1, 0.15) is 4.90 Å². The van der Waals surface area contributed by atoms with Crippen molar-refractivity contribution in [1.29, 1.82) is 0 Å². The number of nitrogens with one attached hydrogen (secondary N) is 2. The Morgan fingerprint density at radius 2 is 2.25 bits per heavy atom. The van der Waals surface area contributed by atoms with Crippen LogP contribution in [0.5, 0.6) is 0 Å². The van der Waals surface area contributed by atoms with Gasteiger partial charge in [0, 0.05) is 22.7 Å². The average molecular weight is 399 g/mol. The molecule has 1 aromatic rings. The second-order valence-electron chi connectivity index (χ2n) is 5.11. The molecule has 1 saturated heterocycles. The summed E-state index contributed by atoms with van der Waals surface area (Å²) < 4.78 is 28.3. The van der Waals surface area contributed by atoms with Gasteiger partial charge in [0.05, 0.1) is 3.79 Å². The molecule has 4 nitrogen and oxygen atoms in total. The number of hydrogen-bond donors (Lipinski definition) is 2. The fourth-order valence-electron chi connectivity index (χ4n) is 2.14. The van der Waals surface area contributed by atoms with E-state index in [4.69, 9.17) is 0 Å². The third-order valence-electron chi connectivity index (χ3n) is 3.28. The van der Waals surface area contributed by atoms with E-state index in [0.717, 1.165) is 23.5 Å². The molecule has 2 rings (SSSR count). The van der Waals surface area contributed by atoms with E-state index in [1.54, 1.807) is 6.07 Å². The molecule has 2 N–H and O–H groups in total. The molecule has 114 valence electrons. The lowest BCUT2D eigenvalue weighted by molar-refractivity contribution is 0.552. The van der Waals surface area contributed by atoms with E-state index in [1.165, 1.54) is 11.3 Å². The topological polar surface area (TPSA) is 58.2 Å². The van der Waals surface area contributed by atoms with Crippen LogP contribution >= 0.6 is 39.0 Å². The molecule has 0 bridgehead atoms. The van der Waals surface area contributed by atoms with Crippen molar-refractivity contribution in [2.24, 2.45) is 0 Å². The fraction of sp³-hybridized carbons (Fsp3) is 0.667. The molecule has 1 fully saturated rings. The lowest BCUT2D eigenvalue weighted by atomic mass is 10.1. The van der Waals surface area contributed by atoms with Gasteiger partial charge in [0.25, 0.3) is 0 Å². The Hall–Kier alpha value is 0.400. The smallest absolute Gasteiger partial charge is 0.242 e. The Labute approximate surface area is 137 Å². The highest BCUT2D eigenvalue weighted by Gasteiger charge is 2.31. The molecule has 1 atom stereocenters. The monoisotopic (exact) mass is 398 g/mol. The van der Waals surface area contributed by atoms with Gasteiger partial charge in [-0.3, -0.25) is 0 Å². The second kappa shape index (κ2) is 6.66. The van der Waals surface area contributed by atoms with Crippen LogP contribution in [0.4, 0.5) is 0 Å². The number of thioether (sulfide) groups is 1. The van der Waals surface area contributed by atoms with Crippen LogP contribution in [0, 0.1) is 0 Å². The van der Waals surface area contributed by atoms with Crippen molar-refractivity contribution in [3.8, 4) is 0 Å². The molecule has 1 aliphatic rings. The van der Waals surface area contributed by atoms with Gasteiger partial charge in [-0.05, 0) is 54.6 Å². The lowest BCUT2D eigenvalue weighted by Gasteiger charge is -2.22. The molecular weight excluding hydrogens is 380 g/mol. The maximum Gasteiger partial charge on any atom is 0.242 e. The summed E-state index contributed by atoms with van der Waals surface area (Å²) >= 11 is 6.66. The number of hydrogen-bond acceptors (Lipinski definition) is 5. The van der Waals surface area contributed by atoms with Crippen LogP contribution in [0.2, 0.25) is 0 Å². The van der Waals surface area contributed by atoms with Crippen molar-refractivity contribution in [2.75, 3.05) is 19.3 Å². The number of thiophene rings is 1. The minimum atomic E-state index is -3.44. The second-order valence-corrected chi connectivity index (χ2v) is 11.0. The highest BCUT2D eigenvalue weighted by Crippen LogP contribution is 2.38. The first-order valence-electron chi connectivity index (χ1n) is 6.43. The van der Waals surface area contributed by atoms with Gasteiger partial charge in [-0.25, -0.2) is 13.1 Å². The Balaban J connectivity index is 2.09. The molecule has 0 radical (unpaired) electrons. The third kappa shape index (κ3) is 3.98. The summed E-state index contributed by atoms with van der Waals surface area (Å²) in [6.45, 7) is 3.29. The van der Waals surface area contributed by atoms with Crippen molar-refractivity contribution in [2.45, 2.75) is 36.0 Å². The van der Waals surface area contributed by atoms with Crippen molar-refractivity contribution in [3.63, 3.8) is 0 Å². The summed E-state index contributed by atoms with van der Waals surface area (Å²) in [7, 11) is -1.60. The minimum absolute atomic E-state index is 0.0311. The summed E-state index contributed by atoms with van der Waals surface area (Å²) in [5, 5.41) is 3.03. The van der Waals surface area contributed by atoms with Crippen LogP contribution in [-0.2, 0) is 16.6 Å². The van der Waals surface area contributed by atoms with Gasteiger partial charge < -0.3 is 5.32 Å². The molecule has 2 heterocycles. The van der Waals surface area contributed by atoms with Crippen molar-refractivity contribution >= 4 is 49.1 Å². The first kappa shape index (κ1) is 16.8. The molecule has 1 aromatic heterocycles. The van der Waals surface area contributed by atoms with E-state index in [1.807, 2.05) is 18.8 Å². The Morgan fingerprint density at radius 1 is 1.50 bits per heavy atom. The van der Waals surface area contributed by atoms with E-state index in [-0.39, 0.29) is 4.75 Å². The van der Waals surface area contributed by atoms with Crippen molar-refractivity contribution in [1.82, 2.24) is 10.0 Å². The third-order valence-corrected chi connectivity index (χ3v) is 8.48. The molecule has 0 aromatic carbocycles. The summed E-state index contributed by atoms with van der Waals surface area (Å²) in [5.41, 5.74) is 0. The quantitative estimate of drug-likeness (QED) is 0.773. The highest BCUT2D eigenvalue weighted by atomic mass is 79.9. The average Bonchev–Trinajstić information content (AvgIpc) is 2.96. The molecule has 0 saturated carbocycles. The van der Waals surface area contributed by atoms with E-state index < -0.39 is 10.0 Å². The van der Waals surface area contributed by atoms with Crippen LogP contribution in [0.1, 0.15) is 24.6 Å². The summed E-state index contributed by atoms with van der Waals surface area (Å²) in [4.78, 5) is 1.35. The van der Waals surface area contributed by atoms with E-state index in [2.05, 4.69) is 32.9 Å². The van der Waals surface area contributed by atoms with Crippen LogP contribution < -0.4 is 10.0 Å². The maximum atomic E-state index is 12.4. The van der Waals surface area contributed by atoms with Gasteiger partial charge in [-0.15, -0.1) is 11.3 Å². The SMILES string of the molecule is CNCc1cc(S(=O)(=O)NCC2(C)CCCS2)c(Br)s1. The van der Waals surface area contributed by atoms with E-state index in [9.17, 15) is 8.42 Å². The van der Waals surface area contributed by atoms with E-state index >= 15 is 0 Å². The van der Waals surface area contributed by atoms with Crippen LogP contribution in [-0.4, -0.2) is 32.5 Å². The van der Waals surface area contributed by atoms with Gasteiger partial charge >= 0.3 is 0 Å². The summed E-state index contributed by atoms with van der Waals surface area (Å²) in [6, 6.07) is 1.73. The summed E-state index contributed by atoms with van der Waals surface area (Å²) in [6.07, 6.45) is 2.23. The van der Waals surface area contributed by atoms with Gasteiger partial charge in [0.2, 0.25) is 10.0 Å². The zero-order valence-corrected chi connectivity index (χ0v) is 15.6. The fourth-order valence-corrected chi connectivity index (χ4v) is 7.34. The standard InChI is InChI=1S/C12H19BrN2O2S3/c1-12(4-3-5-18-12)8-15-20(16,17)10-6-9(7-14-2)19-11(10)13/h6,14-15H,3-5,7-8H2,1-2H3. The zero-order chi connectivity index (χ0) is 14.8. The molecule has 0 amide bonds. The number of sulfonamides is 1. The van der Waals surface area contributed by atoms with Gasteiger partial charge in [0.15, 0.2) is 0 Å². The van der Waals surface area contributed by atoms with Crippen molar-refractivity contribution in [3.05, 3.63) is 14.7 Å². The molecule has 20 heavy (non-hydrogen) atoms. The largest absolute Gasteiger partial charge is 0.315 e. The van der Waals surface area contributed by atoms with Crippen LogP contribution in [0.15, 0.2) is 14.7 Å². The summed E-state index contributed by atoms with van der Waals surface area (Å²) in [5.74, 6) is 1.12. The molecule has 8 heteroatoms. The predicted octanol–water partition coefficient (Wildman–Crippen LogP) is 2.79. The lowest BCUT2D eigenvalue weighted by Crippen LogP contribution is -2.36. The maximum absolute atomic E-state index is 12.4. The Morgan fingerprint density at radius 3 is 2.85 bits per heavy atom. The zero-order valence-electron chi connectivity index (χ0n) is 11.5. The van der Waals surface area contributed by atoms with Crippen LogP contribution in [0.25, 0.3) is 0 Å². The first-order valence-corrected chi connectivity index (χ1v) is 10.5. The Bertz CT molecular complexity index is 565. The molecule has 0 spiro atoms. The van der Waals surface area contributed by atoms with Crippen molar-refractivity contribution < 1.29 is 8.42 Å².